The fourth-order valence-corrected chi connectivity index (χ4v) is 3.04. The van der Waals surface area contributed by atoms with Gasteiger partial charge in [0.05, 0.1) is 4.92 Å². The third-order valence-electron chi connectivity index (χ3n) is 4.27. The number of nitrogens with zero attached hydrogens (tertiary/aromatic N) is 2. The summed E-state index contributed by atoms with van der Waals surface area (Å²) < 4.78 is 0. The van der Waals surface area contributed by atoms with Crippen molar-refractivity contribution < 1.29 is 4.92 Å². The molecule has 1 N–H and O–H groups in total. The largest absolute Gasteiger partial charge is 0.319 e. The van der Waals surface area contributed by atoms with Gasteiger partial charge in [-0.15, -0.1) is 0 Å². The number of nitrogens with one attached hydrogen (secondary N) is 1. The number of nitro groups is 1. The normalized spacial score (nSPS) is 18.9. The van der Waals surface area contributed by atoms with Crippen molar-refractivity contribution in [2.24, 2.45) is 5.92 Å². The van der Waals surface area contributed by atoms with Gasteiger partial charge in [-0.3, -0.25) is 15.0 Å². The van der Waals surface area contributed by atoms with Crippen molar-refractivity contribution in [1.29, 1.82) is 0 Å². The van der Waals surface area contributed by atoms with E-state index in [0.29, 0.717) is 0 Å². The van der Waals surface area contributed by atoms with Crippen molar-refractivity contribution in [2.45, 2.75) is 25.8 Å². The lowest BCUT2D eigenvalue weighted by atomic mass is 9.94. The predicted octanol–water partition coefficient (Wildman–Crippen LogP) is 2.59. The second-order valence-electron chi connectivity index (χ2n) is 5.53. The van der Waals surface area contributed by atoms with Crippen LogP contribution in [0, 0.1) is 16.0 Å². The minimum Gasteiger partial charge on any atom is -0.319 e. The Hall–Kier alpha value is -1.46. The van der Waals surface area contributed by atoms with Crippen LogP contribution in [0.3, 0.4) is 0 Å². The van der Waals surface area contributed by atoms with Crippen LogP contribution in [0.15, 0.2) is 24.3 Å². The smallest absolute Gasteiger partial charge is 0.274 e. The molecule has 0 amide bonds. The maximum Gasteiger partial charge on any atom is 0.274 e. The predicted molar refractivity (Wildman–Crippen MR) is 79.7 cm³/mol. The molecule has 1 aromatic rings. The average molecular weight is 277 g/mol. The Balaban J connectivity index is 2.05. The van der Waals surface area contributed by atoms with Gasteiger partial charge in [-0.2, -0.15) is 0 Å². The summed E-state index contributed by atoms with van der Waals surface area (Å²) in [6.07, 6.45) is 2.32. The van der Waals surface area contributed by atoms with Crippen molar-refractivity contribution in [3.63, 3.8) is 0 Å². The summed E-state index contributed by atoms with van der Waals surface area (Å²) in [5.74, 6) is 0.731. The van der Waals surface area contributed by atoms with Crippen molar-refractivity contribution >= 4 is 5.69 Å². The van der Waals surface area contributed by atoms with E-state index in [1.807, 2.05) is 19.2 Å². The monoisotopic (exact) mass is 277 g/mol. The molecule has 0 radical (unpaired) electrons. The molecule has 110 valence electrons. The first-order chi connectivity index (χ1) is 9.63. The zero-order valence-electron chi connectivity index (χ0n) is 12.2. The Kier molecular flexibility index (Phi) is 5.09. The van der Waals surface area contributed by atoms with E-state index in [2.05, 4.69) is 17.1 Å². The standard InChI is InChI=1S/C15H23N3O2/c1-12(14-5-3-4-6-15(14)18(19)20)17-9-7-13(8-10-17)11-16-2/h3-6,12-13,16H,7-11H2,1-2H3. The molecular formula is C15H23N3O2. The van der Waals surface area contributed by atoms with Gasteiger partial charge in [0.2, 0.25) is 0 Å². The van der Waals surface area contributed by atoms with Crippen LogP contribution in [0.4, 0.5) is 5.69 Å². The maximum atomic E-state index is 11.1. The maximum absolute atomic E-state index is 11.1. The summed E-state index contributed by atoms with van der Waals surface area (Å²) in [6.45, 7) is 5.16. The van der Waals surface area contributed by atoms with E-state index in [9.17, 15) is 10.1 Å². The summed E-state index contributed by atoms with van der Waals surface area (Å²) in [4.78, 5) is 13.2. The van der Waals surface area contributed by atoms with Gasteiger partial charge in [0, 0.05) is 17.7 Å². The second kappa shape index (κ2) is 6.81. The van der Waals surface area contributed by atoms with Crippen LogP contribution in [0.5, 0.6) is 0 Å². The molecule has 5 heteroatoms. The lowest BCUT2D eigenvalue weighted by Gasteiger charge is -2.36. The fraction of sp³-hybridized carbons (Fsp3) is 0.600. The number of likely N-dealkylation sites (tertiary alicyclic amines) is 1. The Morgan fingerprint density at radius 2 is 2.05 bits per heavy atom. The molecule has 1 heterocycles. The van der Waals surface area contributed by atoms with Gasteiger partial charge < -0.3 is 5.32 Å². The summed E-state index contributed by atoms with van der Waals surface area (Å²) >= 11 is 0. The first kappa shape index (κ1) is 14.9. The third kappa shape index (κ3) is 3.35. The van der Waals surface area contributed by atoms with Crippen molar-refractivity contribution in [3.8, 4) is 0 Å². The number of nitro benzene ring substituents is 1. The highest BCUT2D eigenvalue weighted by Gasteiger charge is 2.26. The van der Waals surface area contributed by atoms with Crippen LogP contribution < -0.4 is 5.32 Å². The van der Waals surface area contributed by atoms with E-state index in [-0.39, 0.29) is 16.7 Å². The van der Waals surface area contributed by atoms with E-state index < -0.39 is 0 Å². The van der Waals surface area contributed by atoms with Crippen LogP contribution in [-0.4, -0.2) is 36.5 Å². The molecule has 1 atom stereocenters. The molecule has 1 aromatic carbocycles. The molecule has 2 rings (SSSR count). The van der Waals surface area contributed by atoms with Gasteiger partial charge in [-0.05, 0) is 52.4 Å². The Bertz CT molecular complexity index is 456. The molecule has 1 unspecified atom stereocenters. The van der Waals surface area contributed by atoms with Crippen molar-refractivity contribution in [3.05, 3.63) is 39.9 Å². The minimum absolute atomic E-state index is 0.104. The first-order valence-electron chi connectivity index (χ1n) is 7.25. The van der Waals surface area contributed by atoms with Gasteiger partial charge >= 0.3 is 0 Å². The van der Waals surface area contributed by atoms with Crippen LogP contribution >= 0.6 is 0 Å². The number of piperidine rings is 1. The van der Waals surface area contributed by atoms with E-state index >= 15 is 0 Å². The lowest BCUT2D eigenvalue weighted by molar-refractivity contribution is -0.386. The number of hydrogen-bond donors (Lipinski definition) is 1. The molecule has 0 spiro atoms. The summed E-state index contributed by atoms with van der Waals surface area (Å²) in [5.41, 5.74) is 1.06. The second-order valence-corrected chi connectivity index (χ2v) is 5.53. The first-order valence-corrected chi connectivity index (χ1v) is 7.25. The van der Waals surface area contributed by atoms with E-state index in [1.165, 1.54) is 0 Å². The van der Waals surface area contributed by atoms with Gasteiger partial charge in [0.1, 0.15) is 0 Å². The summed E-state index contributed by atoms with van der Waals surface area (Å²) in [7, 11) is 1.99. The molecule has 1 aliphatic rings. The lowest BCUT2D eigenvalue weighted by Crippen LogP contribution is -2.38. The molecule has 1 fully saturated rings. The molecule has 5 nitrogen and oxygen atoms in total. The fourth-order valence-electron chi connectivity index (χ4n) is 3.04. The molecule has 0 aromatic heterocycles. The quantitative estimate of drug-likeness (QED) is 0.664. The molecule has 0 bridgehead atoms. The zero-order chi connectivity index (χ0) is 14.5. The van der Waals surface area contributed by atoms with Crippen molar-refractivity contribution in [2.75, 3.05) is 26.7 Å². The summed E-state index contributed by atoms with van der Waals surface area (Å²) in [5, 5.41) is 14.4. The Morgan fingerprint density at radius 3 is 2.65 bits per heavy atom. The molecular weight excluding hydrogens is 254 g/mol. The molecule has 0 aliphatic carbocycles. The molecule has 1 aliphatic heterocycles. The molecule has 20 heavy (non-hydrogen) atoms. The topological polar surface area (TPSA) is 58.4 Å². The Labute approximate surface area is 120 Å². The number of benzene rings is 1. The third-order valence-corrected chi connectivity index (χ3v) is 4.27. The number of hydrogen-bond acceptors (Lipinski definition) is 4. The van der Waals surface area contributed by atoms with Crippen LogP contribution in [0.25, 0.3) is 0 Å². The highest BCUT2D eigenvalue weighted by molar-refractivity contribution is 5.41. The average Bonchev–Trinajstić information content (AvgIpc) is 2.47. The van der Waals surface area contributed by atoms with Gasteiger partial charge in [0.25, 0.3) is 5.69 Å². The minimum atomic E-state index is -0.278. The van der Waals surface area contributed by atoms with E-state index in [4.69, 9.17) is 0 Å². The van der Waals surface area contributed by atoms with Crippen molar-refractivity contribution in [1.82, 2.24) is 10.2 Å². The molecule has 0 saturated carbocycles. The SMILES string of the molecule is CNCC1CCN(C(C)c2ccccc2[N+](=O)[O-])CC1. The van der Waals surface area contributed by atoms with Gasteiger partial charge in [0.15, 0.2) is 0 Å². The summed E-state index contributed by atoms with van der Waals surface area (Å²) in [6, 6.07) is 7.19. The van der Waals surface area contributed by atoms with Crippen LogP contribution in [-0.2, 0) is 0 Å². The molecule has 1 saturated heterocycles. The van der Waals surface area contributed by atoms with Gasteiger partial charge in [-0.25, -0.2) is 0 Å². The van der Waals surface area contributed by atoms with Gasteiger partial charge in [-0.1, -0.05) is 18.2 Å². The number of para-hydroxylation sites is 1. The number of rotatable bonds is 5. The van der Waals surface area contributed by atoms with Crippen LogP contribution in [0.2, 0.25) is 0 Å². The van der Waals surface area contributed by atoms with Crippen LogP contribution in [0.1, 0.15) is 31.4 Å². The highest BCUT2D eigenvalue weighted by Crippen LogP contribution is 2.31. The highest BCUT2D eigenvalue weighted by atomic mass is 16.6. The Morgan fingerprint density at radius 1 is 1.40 bits per heavy atom. The van der Waals surface area contributed by atoms with E-state index in [1.54, 1.807) is 12.1 Å². The van der Waals surface area contributed by atoms with E-state index in [0.717, 1.165) is 44.0 Å². The zero-order valence-corrected chi connectivity index (χ0v) is 12.2.